The molecule has 1 aliphatic rings. The van der Waals surface area contributed by atoms with Crippen molar-refractivity contribution in [2.24, 2.45) is 11.8 Å². The van der Waals surface area contributed by atoms with Crippen LogP contribution in [0.3, 0.4) is 0 Å². The lowest BCUT2D eigenvalue weighted by atomic mass is 10.0. The molecular weight excluding hydrogens is 160 g/mol. The van der Waals surface area contributed by atoms with Gasteiger partial charge in [-0.05, 0) is 18.3 Å². The third-order valence-corrected chi connectivity index (χ3v) is 4.89. The van der Waals surface area contributed by atoms with E-state index in [0.717, 1.165) is 11.8 Å². The van der Waals surface area contributed by atoms with Gasteiger partial charge >= 0.3 is 0 Å². The Labute approximate surface area is 78.8 Å². The second-order valence-electron chi connectivity index (χ2n) is 5.88. The van der Waals surface area contributed by atoms with Gasteiger partial charge in [0, 0.05) is 8.07 Å². The van der Waals surface area contributed by atoms with Gasteiger partial charge in [-0.3, -0.25) is 0 Å². The van der Waals surface area contributed by atoms with Crippen molar-refractivity contribution >= 4 is 8.07 Å². The zero-order chi connectivity index (χ0) is 9.19. The fraction of sp³-hybridized carbons (Fsp3) is 1.00. The molecule has 0 aliphatic heterocycles. The van der Waals surface area contributed by atoms with Crippen LogP contribution in [-0.2, 0) is 0 Å². The van der Waals surface area contributed by atoms with Gasteiger partial charge in [0.1, 0.15) is 0 Å². The minimum Gasteiger partial charge on any atom is -0.0695 e. The summed E-state index contributed by atoms with van der Waals surface area (Å²) in [5.41, 5.74) is 0. The minimum absolute atomic E-state index is 0.747. The van der Waals surface area contributed by atoms with E-state index in [2.05, 4.69) is 26.6 Å². The van der Waals surface area contributed by atoms with Crippen LogP contribution >= 0.6 is 0 Å². The van der Waals surface area contributed by atoms with Crippen LogP contribution in [0.15, 0.2) is 0 Å². The van der Waals surface area contributed by atoms with Crippen LogP contribution in [-0.4, -0.2) is 8.07 Å². The molecule has 0 heterocycles. The van der Waals surface area contributed by atoms with E-state index in [0.29, 0.717) is 0 Å². The van der Waals surface area contributed by atoms with Crippen molar-refractivity contribution < 1.29 is 0 Å². The summed E-state index contributed by atoms with van der Waals surface area (Å²) in [5, 5.41) is 0. The molecule has 12 heavy (non-hydrogen) atoms. The van der Waals surface area contributed by atoms with E-state index < -0.39 is 8.07 Å². The SMILES string of the molecule is CC1CCC(CC[Si](C)(C)C)C1. The molecule has 0 aromatic carbocycles. The normalized spacial score (nSPS) is 31.0. The summed E-state index contributed by atoms with van der Waals surface area (Å²) in [7, 11) is -0.747. The van der Waals surface area contributed by atoms with Crippen molar-refractivity contribution in [1.82, 2.24) is 0 Å². The van der Waals surface area contributed by atoms with Gasteiger partial charge < -0.3 is 0 Å². The highest BCUT2D eigenvalue weighted by molar-refractivity contribution is 6.76. The Hall–Kier alpha value is 0.217. The summed E-state index contributed by atoms with van der Waals surface area (Å²) in [6.45, 7) is 9.89. The van der Waals surface area contributed by atoms with E-state index in [1.54, 1.807) is 6.04 Å². The van der Waals surface area contributed by atoms with Crippen molar-refractivity contribution in [1.29, 1.82) is 0 Å². The molecule has 1 rings (SSSR count). The first-order chi connectivity index (χ1) is 5.47. The van der Waals surface area contributed by atoms with Crippen molar-refractivity contribution in [2.75, 3.05) is 0 Å². The third kappa shape index (κ3) is 3.75. The lowest BCUT2D eigenvalue weighted by Gasteiger charge is -2.18. The van der Waals surface area contributed by atoms with Gasteiger partial charge in [-0.1, -0.05) is 51.9 Å². The molecular formula is C11H24Si. The summed E-state index contributed by atoms with van der Waals surface area (Å²) in [6.07, 6.45) is 6.06. The second-order valence-corrected chi connectivity index (χ2v) is 11.5. The van der Waals surface area contributed by atoms with Gasteiger partial charge in [0.2, 0.25) is 0 Å². The molecule has 1 fully saturated rings. The lowest BCUT2D eigenvalue weighted by Crippen LogP contribution is -2.20. The zero-order valence-corrected chi connectivity index (χ0v) is 10.2. The first-order valence-electron chi connectivity index (χ1n) is 5.47. The molecule has 2 atom stereocenters. The molecule has 0 radical (unpaired) electrons. The fourth-order valence-corrected chi connectivity index (χ4v) is 3.50. The van der Waals surface area contributed by atoms with Crippen LogP contribution in [0.1, 0.15) is 32.6 Å². The Kier molecular flexibility index (Phi) is 3.39. The summed E-state index contributed by atoms with van der Waals surface area (Å²) in [4.78, 5) is 0. The molecule has 1 heteroatoms. The summed E-state index contributed by atoms with van der Waals surface area (Å²) >= 11 is 0. The van der Waals surface area contributed by atoms with Crippen LogP contribution in [0.4, 0.5) is 0 Å². The van der Waals surface area contributed by atoms with Gasteiger partial charge in [-0.15, -0.1) is 0 Å². The van der Waals surface area contributed by atoms with Crippen LogP contribution in [0.2, 0.25) is 25.7 Å². The van der Waals surface area contributed by atoms with Gasteiger partial charge in [-0.2, -0.15) is 0 Å². The minimum atomic E-state index is -0.747. The molecule has 0 aromatic rings. The molecule has 2 unspecified atom stereocenters. The van der Waals surface area contributed by atoms with Gasteiger partial charge in [0.25, 0.3) is 0 Å². The number of rotatable bonds is 3. The van der Waals surface area contributed by atoms with Gasteiger partial charge in [-0.25, -0.2) is 0 Å². The summed E-state index contributed by atoms with van der Waals surface area (Å²) < 4.78 is 0. The predicted octanol–water partition coefficient (Wildman–Crippen LogP) is 4.15. The molecule has 0 saturated heterocycles. The van der Waals surface area contributed by atoms with Crippen LogP contribution in [0.25, 0.3) is 0 Å². The standard InChI is InChI=1S/C11H24Si/c1-10-5-6-11(9-10)7-8-12(2,3)4/h10-11H,5-9H2,1-4H3. The Balaban J connectivity index is 2.16. The topological polar surface area (TPSA) is 0 Å². The third-order valence-electron chi connectivity index (χ3n) is 3.11. The van der Waals surface area contributed by atoms with E-state index >= 15 is 0 Å². The average molecular weight is 184 g/mol. The monoisotopic (exact) mass is 184 g/mol. The maximum atomic E-state index is 2.49. The van der Waals surface area contributed by atoms with E-state index in [4.69, 9.17) is 0 Å². The Morgan fingerprint density at radius 1 is 1.17 bits per heavy atom. The summed E-state index contributed by atoms with van der Waals surface area (Å²) in [5.74, 6) is 2.11. The van der Waals surface area contributed by atoms with E-state index in [1.165, 1.54) is 25.7 Å². The molecule has 0 amide bonds. The first kappa shape index (κ1) is 10.3. The zero-order valence-electron chi connectivity index (χ0n) is 9.19. The Morgan fingerprint density at radius 3 is 2.25 bits per heavy atom. The largest absolute Gasteiger partial charge is 0.0695 e. The molecule has 0 spiro atoms. The van der Waals surface area contributed by atoms with E-state index in [9.17, 15) is 0 Å². The highest BCUT2D eigenvalue weighted by atomic mass is 28.3. The Morgan fingerprint density at radius 2 is 1.83 bits per heavy atom. The second kappa shape index (κ2) is 3.95. The maximum Gasteiger partial charge on any atom is 0.0442 e. The summed E-state index contributed by atoms with van der Waals surface area (Å²) in [6, 6.07) is 1.55. The molecule has 1 saturated carbocycles. The maximum absolute atomic E-state index is 2.49. The van der Waals surface area contributed by atoms with Gasteiger partial charge in [0.05, 0.1) is 0 Å². The molecule has 0 nitrogen and oxygen atoms in total. The number of hydrogen-bond acceptors (Lipinski definition) is 0. The fourth-order valence-electron chi connectivity index (χ4n) is 2.22. The van der Waals surface area contributed by atoms with Crippen molar-refractivity contribution in [3.8, 4) is 0 Å². The molecule has 72 valence electrons. The highest BCUT2D eigenvalue weighted by Gasteiger charge is 2.23. The average Bonchev–Trinajstić information content (AvgIpc) is 2.30. The highest BCUT2D eigenvalue weighted by Crippen LogP contribution is 2.34. The van der Waals surface area contributed by atoms with Crippen molar-refractivity contribution in [2.45, 2.75) is 58.3 Å². The van der Waals surface area contributed by atoms with Crippen LogP contribution in [0.5, 0.6) is 0 Å². The van der Waals surface area contributed by atoms with E-state index in [1.807, 2.05) is 0 Å². The molecule has 0 N–H and O–H groups in total. The quantitative estimate of drug-likeness (QED) is 0.578. The number of hydrogen-bond donors (Lipinski definition) is 0. The van der Waals surface area contributed by atoms with Crippen LogP contribution < -0.4 is 0 Å². The molecule has 0 aromatic heterocycles. The first-order valence-corrected chi connectivity index (χ1v) is 9.18. The van der Waals surface area contributed by atoms with Gasteiger partial charge in [0.15, 0.2) is 0 Å². The van der Waals surface area contributed by atoms with Crippen molar-refractivity contribution in [3.05, 3.63) is 0 Å². The predicted molar refractivity (Wildman–Crippen MR) is 59.3 cm³/mol. The van der Waals surface area contributed by atoms with Crippen LogP contribution in [0, 0.1) is 11.8 Å². The van der Waals surface area contributed by atoms with E-state index in [-0.39, 0.29) is 0 Å². The Bertz CT molecular complexity index is 134. The molecule has 1 aliphatic carbocycles. The smallest absolute Gasteiger partial charge is 0.0442 e. The van der Waals surface area contributed by atoms with Crippen molar-refractivity contribution in [3.63, 3.8) is 0 Å². The lowest BCUT2D eigenvalue weighted by molar-refractivity contribution is 0.498. The molecule has 0 bridgehead atoms.